The van der Waals surface area contributed by atoms with E-state index >= 15 is 0 Å². The van der Waals surface area contributed by atoms with Crippen LogP contribution in [0.1, 0.15) is 26.2 Å². The Hall–Kier alpha value is -2.25. The van der Waals surface area contributed by atoms with Gasteiger partial charge in [0.15, 0.2) is 0 Å². The normalized spacial score (nSPS) is 17.0. The predicted molar refractivity (Wildman–Crippen MR) is 104 cm³/mol. The molecule has 0 radical (unpaired) electrons. The zero-order chi connectivity index (χ0) is 19.4. The van der Waals surface area contributed by atoms with Crippen molar-refractivity contribution in [3.8, 4) is 0 Å². The fourth-order valence-electron chi connectivity index (χ4n) is 3.33. The molecule has 2 aromatic rings. The van der Waals surface area contributed by atoms with Gasteiger partial charge in [-0.25, -0.2) is 8.42 Å². The second-order valence-corrected chi connectivity index (χ2v) is 8.81. The van der Waals surface area contributed by atoms with Gasteiger partial charge in [0.1, 0.15) is 12.3 Å². The summed E-state index contributed by atoms with van der Waals surface area (Å²) in [5.74, 6) is 0.214. The van der Waals surface area contributed by atoms with Gasteiger partial charge in [-0.3, -0.25) is 4.79 Å². The van der Waals surface area contributed by atoms with Gasteiger partial charge in [-0.05, 0) is 41.7 Å². The number of fused-ring (bicyclic) bond motifs is 1. The van der Waals surface area contributed by atoms with Gasteiger partial charge in [0, 0.05) is 19.5 Å². The molecule has 1 N–H and O–H groups in total. The van der Waals surface area contributed by atoms with Crippen molar-refractivity contribution in [3.63, 3.8) is 0 Å². The van der Waals surface area contributed by atoms with Gasteiger partial charge in [0.2, 0.25) is 15.9 Å². The minimum absolute atomic E-state index is 0.0807. The highest BCUT2D eigenvalue weighted by Crippen LogP contribution is 2.20. The van der Waals surface area contributed by atoms with Gasteiger partial charge in [-0.15, -0.1) is 0 Å². The predicted octanol–water partition coefficient (Wildman–Crippen LogP) is 2.33. The first kappa shape index (κ1) is 19.5. The number of sulfonamides is 1. The molecule has 27 heavy (non-hydrogen) atoms. The maximum atomic E-state index is 12.8. The van der Waals surface area contributed by atoms with Crippen LogP contribution in [-0.4, -0.2) is 44.6 Å². The number of carbonyl (C=O) groups is 2. The van der Waals surface area contributed by atoms with Gasteiger partial charge in [-0.1, -0.05) is 37.3 Å². The maximum absolute atomic E-state index is 12.8. The summed E-state index contributed by atoms with van der Waals surface area (Å²) in [6, 6.07) is 11.2. The Labute approximate surface area is 159 Å². The van der Waals surface area contributed by atoms with Crippen molar-refractivity contribution in [2.24, 2.45) is 5.92 Å². The summed E-state index contributed by atoms with van der Waals surface area (Å²) >= 11 is 0. The van der Waals surface area contributed by atoms with E-state index in [0.717, 1.165) is 23.6 Å². The SMILES string of the molecule is CC1CCN(C(=O)[C@H](CC=O)NS(=O)(=O)c2ccc3ccccc3c2)CC1. The third kappa shape index (κ3) is 4.54. The van der Waals surface area contributed by atoms with Gasteiger partial charge in [0.05, 0.1) is 4.90 Å². The molecule has 3 rings (SSSR count). The van der Waals surface area contributed by atoms with Crippen LogP contribution < -0.4 is 4.72 Å². The van der Waals surface area contributed by atoms with Crippen molar-refractivity contribution in [2.75, 3.05) is 13.1 Å². The van der Waals surface area contributed by atoms with Crippen molar-refractivity contribution < 1.29 is 18.0 Å². The minimum atomic E-state index is -3.92. The van der Waals surface area contributed by atoms with Crippen molar-refractivity contribution in [1.29, 1.82) is 0 Å². The van der Waals surface area contributed by atoms with E-state index in [1.54, 1.807) is 17.0 Å². The molecule has 1 aliphatic rings. The van der Waals surface area contributed by atoms with Gasteiger partial charge < -0.3 is 9.69 Å². The second-order valence-electron chi connectivity index (χ2n) is 7.09. The molecule has 1 saturated heterocycles. The number of nitrogens with zero attached hydrogens (tertiary/aromatic N) is 1. The number of likely N-dealkylation sites (tertiary alicyclic amines) is 1. The fraction of sp³-hybridized carbons (Fsp3) is 0.400. The van der Waals surface area contributed by atoms with E-state index in [4.69, 9.17) is 0 Å². The van der Waals surface area contributed by atoms with E-state index in [1.165, 1.54) is 6.07 Å². The van der Waals surface area contributed by atoms with E-state index in [2.05, 4.69) is 11.6 Å². The third-order valence-electron chi connectivity index (χ3n) is 5.05. The number of aldehydes is 1. The molecule has 0 bridgehead atoms. The molecule has 144 valence electrons. The maximum Gasteiger partial charge on any atom is 0.241 e. The fourth-order valence-corrected chi connectivity index (χ4v) is 4.57. The molecule has 1 fully saturated rings. The van der Waals surface area contributed by atoms with Crippen LogP contribution in [0.5, 0.6) is 0 Å². The summed E-state index contributed by atoms with van der Waals surface area (Å²) in [6.45, 7) is 3.31. The van der Waals surface area contributed by atoms with Crippen molar-refractivity contribution >= 4 is 33.0 Å². The largest absolute Gasteiger partial charge is 0.341 e. The molecule has 1 amide bonds. The van der Waals surface area contributed by atoms with Crippen LogP contribution in [0, 0.1) is 5.92 Å². The highest BCUT2D eigenvalue weighted by atomic mass is 32.2. The number of hydrogen-bond acceptors (Lipinski definition) is 4. The third-order valence-corrected chi connectivity index (χ3v) is 6.52. The Morgan fingerprint density at radius 1 is 1.19 bits per heavy atom. The summed E-state index contributed by atoms with van der Waals surface area (Å²) in [5.41, 5.74) is 0. The summed E-state index contributed by atoms with van der Waals surface area (Å²) in [5, 5.41) is 1.73. The molecule has 0 aliphatic carbocycles. The first-order valence-electron chi connectivity index (χ1n) is 9.14. The van der Waals surface area contributed by atoms with E-state index in [-0.39, 0.29) is 17.2 Å². The molecule has 0 spiro atoms. The topological polar surface area (TPSA) is 83.6 Å². The smallest absolute Gasteiger partial charge is 0.241 e. The lowest BCUT2D eigenvalue weighted by Crippen LogP contribution is -2.50. The highest BCUT2D eigenvalue weighted by Gasteiger charge is 2.30. The summed E-state index contributed by atoms with van der Waals surface area (Å²) < 4.78 is 28.0. The van der Waals surface area contributed by atoms with Crippen LogP contribution in [0.4, 0.5) is 0 Å². The zero-order valence-corrected chi connectivity index (χ0v) is 16.1. The molecular formula is C20H24N2O4S. The molecule has 1 aliphatic heterocycles. The molecule has 1 atom stereocenters. The number of carbonyl (C=O) groups excluding carboxylic acids is 2. The average molecular weight is 388 g/mol. The quantitative estimate of drug-likeness (QED) is 0.770. The number of nitrogens with one attached hydrogen (secondary N) is 1. The number of benzene rings is 2. The lowest BCUT2D eigenvalue weighted by atomic mass is 9.98. The van der Waals surface area contributed by atoms with Crippen LogP contribution in [0.3, 0.4) is 0 Å². The molecular weight excluding hydrogens is 364 g/mol. The van der Waals surface area contributed by atoms with Gasteiger partial charge in [-0.2, -0.15) is 4.72 Å². The Balaban J connectivity index is 1.81. The molecule has 1 heterocycles. The Bertz CT molecular complexity index is 934. The first-order valence-corrected chi connectivity index (χ1v) is 10.6. The van der Waals surface area contributed by atoms with E-state index < -0.39 is 16.1 Å². The summed E-state index contributed by atoms with van der Waals surface area (Å²) in [6.07, 6.45) is 2.17. The van der Waals surface area contributed by atoms with E-state index in [1.807, 2.05) is 24.3 Å². The zero-order valence-electron chi connectivity index (χ0n) is 15.3. The monoisotopic (exact) mass is 388 g/mol. The van der Waals surface area contributed by atoms with Crippen molar-refractivity contribution in [1.82, 2.24) is 9.62 Å². The Morgan fingerprint density at radius 2 is 1.85 bits per heavy atom. The lowest BCUT2D eigenvalue weighted by molar-refractivity contribution is -0.135. The van der Waals surface area contributed by atoms with Gasteiger partial charge in [0.25, 0.3) is 0 Å². The number of rotatable bonds is 6. The summed E-state index contributed by atoms with van der Waals surface area (Å²) in [4.78, 5) is 25.5. The molecule has 0 unspecified atom stereocenters. The molecule has 0 saturated carbocycles. The van der Waals surface area contributed by atoms with Crippen LogP contribution in [0.15, 0.2) is 47.4 Å². The van der Waals surface area contributed by atoms with Crippen molar-refractivity contribution in [3.05, 3.63) is 42.5 Å². The van der Waals surface area contributed by atoms with Crippen LogP contribution in [-0.2, 0) is 19.6 Å². The minimum Gasteiger partial charge on any atom is -0.341 e. The Morgan fingerprint density at radius 3 is 2.52 bits per heavy atom. The van der Waals surface area contributed by atoms with Crippen LogP contribution in [0.2, 0.25) is 0 Å². The van der Waals surface area contributed by atoms with Crippen LogP contribution in [0.25, 0.3) is 10.8 Å². The number of hydrogen-bond donors (Lipinski definition) is 1. The standard InChI is InChI=1S/C20H24N2O4S/c1-15-8-11-22(12-9-15)20(24)19(10-13-23)21-27(25,26)18-7-6-16-4-2-3-5-17(16)14-18/h2-7,13-15,19,21H,8-12H2,1H3/t19-/m0/s1. The molecule has 7 heteroatoms. The van der Waals surface area contributed by atoms with Crippen molar-refractivity contribution in [2.45, 2.75) is 37.1 Å². The van der Waals surface area contributed by atoms with Crippen LogP contribution >= 0.6 is 0 Å². The first-order chi connectivity index (χ1) is 12.9. The molecule has 2 aromatic carbocycles. The summed E-state index contributed by atoms with van der Waals surface area (Å²) in [7, 11) is -3.92. The van der Waals surface area contributed by atoms with E-state index in [9.17, 15) is 18.0 Å². The lowest BCUT2D eigenvalue weighted by Gasteiger charge is -2.32. The highest BCUT2D eigenvalue weighted by molar-refractivity contribution is 7.89. The molecule has 0 aromatic heterocycles. The number of piperidine rings is 1. The second kappa shape index (κ2) is 8.19. The number of amides is 1. The Kier molecular flexibility index (Phi) is 5.92. The molecule has 6 nitrogen and oxygen atoms in total. The van der Waals surface area contributed by atoms with E-state index in [0.29, 0.717) is 25.3 Å². The average Bonchev–Trinajstić information content (AvgIpc) is 2.67. The van der Waals surface area contributed by atoms with Gasteiger partial charge >= 0.3 is 0 Å².